The third-order valence-electron chi connectivity index (χ3n) is 2.12. The maximum absolute atomic E-state index is 11.5. The Balaban J connectivity index is 2.31. The number of hydrogen-bond donors (Lipinski definition) is 3. The van der Waals surface area contributed by atoms with Gasteiger partial charge in [0, 0.05) is 11.8 Å². The van der Waals surface area contributed by atoms with Crippen molar-refractivity contribution in [1.82, 2.24) is 10.3 Å². The molecular weight excluding hydrogens is 242 g/mol. The van der Waals surface area contributed by atoms with Crippen molar-refractivity contribution in [3.8, 4) is 0 Å². The van der Waals surface area contributed by atoms with E-state index < -0.39 is 12.0 Å². The molecule has 0 spiro atoms. The molecular formula is C10H15N3O3S. The molecule has 0 aliphatic rings. The second kappa shape index (κ2) is 6.31. The highest BCUT2D eigenvalue weighted by molar-refractivity contribution is 7.09. The molecule has 17 heavy (non-hydrogen) atoms. The zero-order valence-corrected chi connectivity index (χ0v) is 10.3. The number of carbonyl (C=O) groups is 2. The molecule has 0 aromatic carbocycles. The number of carboxylic acids is 1. The van der Waals surface area contributed by atoms with E-state index in [1.54, 1.807) is 0 Å². The predicted molar refractivity (Wildman–Crippen MR) is 63.5 cm³/mol. The van der Waals surface area contributed by atoms with Crippen LogP contribution in [0.4, 0.5) is 0 Å². The summed E-state index contributed by atoms with van der Waals surface area (Å²) in [6, 6.07) is -0.786. The molecule has 1 rings (SSSR count). The molecule has 0 radical (unpaired) electrons. The van der Waals surface area contributed by atoms with Gasteiger partial charge >= 0.3 is 5.97 Å². The summed E-state index contributed by atoms with van der Waals surface area (Å²) >= 11 is 1.51. The molecule has 1 amide bonds. The normalized spacial score (nSPS) is 12.1. The Kier molecular flexibility index (Phi) is 5.05. The van der Waals surface area contributed by atoms with E-state index >= 15 is 0 Å². The van der Waals surface area contributed by atoms with Gasteiger partial charge in [-0.3, -0.25) is 9.59 Å². The van der Waals surface area contributed by atoms with Crippen LogP contribution >= 0.6 is 11.3 Å². The molecule has 0 aliphatic carbocycles. The van der Waals surface area contributed by atoms with Crippen LogP contribution in [0.25, 0.3) is 0 Å². The van der Waals surface area contributed by atoms with Crippen LogP contribution in [0.1, 0.15) is 23.5 Å². The maximum Gasteiger partial charge on any atom is 0.303 e. The monoisotopic (exact) mass is 257 g/mol. The van der Waals surface area contributed by atoms with Crippen LogP contribution in [0.5, 0.6) is 0 Å². The summed E-state index contributed by atoms with van der Waals surface area (Å²) < 4.78 is 0. The summed E-state index contributed by atoms with van der Waals surface area (Å²) in [6.45, 7) is 2.21. The van der Waals surface area contributed by atoms with Crippen LogP contribution in [0, 0.1) is 6.92 Å². The Hall–Kier alpha value is -1.47. The third kappa shape index (κ3) is 4.92. The SMILES string of the molecule is Cc1nc(CNC(=O)C(N)CCC(=O)O)cs1. The average molecular weight is 257 g/mol. The largest absolute Gasteiger partial charge is 0.481 e. The molecule has 1 unspecified atom stereocenters. The zero-order chi connectivity index (χ0) is 12.8. The van der Waals surface area contributed by atoms with E-state index in [-0.39, 0.29) is 18.7 Å². The van der Waals surface area contributed by atoms with Gasteiger partial charge in [0.1, 0.15) is 0 Å². The van der Waals surface area contributed by atoms with Gasteiger partial charge < -0.3 is 16.2 Å². The highest BCUT2D eigenvalue weighted by Gasteiger charge is 2.14. The quantitative estimate of drug-likeness (QED) is 0.678. The Labute approximate surface area is 103 Å². The molecule has 1 aromatic rings. The fourth-order valence-corrected chi connectivity index (χ4v) is 1.82. The van der Waals surface area contributed by atoms with Gasteiger partial charge in [-0.25, -0.2) is 4.98 Å². The lowest BCUT2D eigenvalue weighted by atomic mass is 10.1. The Bertz CT molecular complexity index is 405. The second-order valence-corrected chi connectivity index (χ2v) is 4.68. The number of thiazole rings is 1. The van der Waals surface area contributed by atoms with Gasteiger partial charge in [0.15, 0.2) is 0 Å². The average Bonchev–Trinajstić information content (AvgIpc) is 2.68. The van der Waals surface area contributed by atoms with Crippen LogP contribution in [0.3, 0.4) is 0 Å². The first-order valence-electron chi connectivity index (χ1n) is 5.15. The molecule has 6 nitrogen and oxygen atoms in total. The van der Waals surface area contributed by atoms with Crippen LogP contribution in [0.15, 0.2) is 5.38 Å². The molecule has 1 aromatic heterocycles. The number of hydrogen-bond acceptors (Lipinski definition) is 5. The number of aliphatic carboxylic acids is 1. The Morgan fingerprint density at radius 2 is 2.35 bits per heavy atom. The van der Waals surface area contributed by atoms with E-state index in [2.05, 4.69) is 10.3 Å². The topological polar surface area (TPSA) is 105 Å². The van der Waals surface area contributed by atoms with Crippen LogP contribution in [-0.2, 0) is 16.1 Å². The highest BCUT2D eigenvalue weighted by atomic mass is 32.1. The third-order valence-corrected chi connectivity index (χ3v) is 2.94. The van der Waals surface area contributed by atoms with Crippen molar-refractivity contribution in [2.24, 2.45) is 5.73 Å². The van der Waals surface area contributed by atoms with Gasteiger partial charge in [0.2, 0.25) is 5.91 Å². The van der Waals surface area contributed by atoms with Crippen molar-refractivity contribution in [2.75, 3.05) is 0 Å². The molecule has 7 heteroatoms. The smallest absolute Gasteiger partial charge is 0.303 e. The highest BCUT2D eigenvalue weighted by Crippen LogP contribution is 2.07. The molecule has 1 atom stereocenters. The predicted octanol–water partition coefficient (Wildman–Crippen LogP) is 0.260. The number of rotatable bonds is 6. The summed E-state index contributed by atoms with van der Waals surface area (Å²) in [5.74, 6) is -1.31. The molecule has 0 saturated heterocycles. The van der Waals surface area contributed by atoms with Gasteiger partial charge in [-0.1, -0.05) is 0 Å². The van der Waals surface area contributed by atoms with Crippen molar-refractivity contribution in [3.63, 3.8) is 0 Å². The number of carboxylic acid groups (broad SMARTS) is 1. The lowest BCUT2D eigenvalue weighted by Crippen LogP contribution is -2.40. The van der Waals surface area contributed by atoms with Crippen molar-refractivity contribution < 1.29 is 14.7 Å². The van der Waals surface area contributed by atoms with Crippen molar-refractivity contribution in [1.29, 1.82) is 0 Å². The molecule has 1 heterocycles. The van der Waals surface area contributed by atoms with E-state index in [0.717, 1.165) is 10.7 Å². The fraction of sp³-hybridized carbons (Fsp3) is 0.500. The van der Waals surface area contributed by atoms with Crippen LogP contribution < -0.4 is 11.1 Å². The van der Waals surface area contributed by atoms with Gasteiger partial charge in [-0.2, -0.15) is 0 Å². The van der Waals surface area contributed by atoms with Gasteiger partial charge in [0.25, 0.3) is 0 Å². The summed E-state index contributed by atoms with van der Waals surface area (Å²) in [5, 5.41) is 13.9. The minimum atomic E-state index is -0.955. The number of aryl methyl sites for hydroxylation is 1. The molecule has 0 fully saturated rings. The molecule has 94 valence electrons. The van der Waals surface area contributed by atoms with E-state index in [1.165, 1.54) is 11.3 Å². The summed E-state index contributed by atoms with van der Waals surface area (Å²) in [4.78, 5) is 26.0. The van der Waals surface area contributed by atoms with E-state index in [9.17, 15) is 9.59 Å². The first kappa shape index (κ1) is 13.6. The van der Waals surface area contributed by atoms with E-state index in [1.807, 2.05) is 12.3 Å². The standard InChI is InChI=1S/C10H15N3O3S/c1-6-13-7(5-17-6)4-12-10(16)8(11)2-3-9(14)15/h5,8H,2-4,11H2,1H3,(H,12,16)(H,14,15). The van der Waals surface area contributed by atoms with Crippen molar-refractivity contribution >= 4 is 23.2 Å². The number of amides is 1. The minimum absolute atomic E-state index is 0.107. The molecule has 4 N–H and O–H groups in total. The number of carbonyl (C=O) groups excluding carboxylic acids is 1. The van der Waals surface area contributed by atoms with Crippen molar-refractivity contribution in [3.05, 3.63) is 16.1 Å². The lowest BCUT2D eigenvalue weighted by molar-refractivity contribution is -0.137. The number of aromatic nitrogens is 1. The van der Waals surface area contributed by atoms with Crippen LogP contribution in [0.2, 0.25) is 0 Å². The van der Waals surface area contributed by atoms with Gasteiger partial charge in [0.05, 0.1) is 23.3 Å². The van der Waals surface area contributed by atoms with Gasteiger partial charge in [-0.05, 0) is 13.3 Å². The Morgan fingerprint density at radius 1 is 1.65 bits per heavy atom. The summed E-state index contributed by atoms with van der Waals surface area (Å²) in [7, 11) is 0. The first-order chi connectivity index (χ1) is 7.99. The number of nitrogens with two attached hydrogens (primary N) is 1. The second-order valence-electron chi connectivity index (χ2n) is 3.61. The maximum atomic E-state index is 11.5. The molecule has 0 bridgehead atoms. The fourth-order valence-electron chi connectivity index (χ4n) is 1.21. The number of nitrogens with one attached hydrogen (secondary N) is 1. The van der Waals surface area contributed by atoms with E-state index in [0.29, 0.717) is 6.54 Å². The molecule has 0 saturated carbocycles. The first-order valence-corrected chi connectivity index (χ1v) is 6.03. The van der Waals surface area contributed by atoms with Crippen LogP contribution in [-0.4, -0.2) is 28.0 Å². The minimum Gasteiger partial charge on any atom is -0.481 e. The van der Waals surface area contributed by atoms with Crippen molar-refractivity contribution in [2.45, 2.75) is 32.4 Å². The van der Waals surface area contributed by atoms with E-state index in [4.69, 9.17) is 10.8 Å². The summed E-state index contributed by atoms with van der Waals surface area (Å²) in [5.41, 5.74) is 6.33. The lowest BCUT2D eigenvalue weighted by Gasteiger charge is -2.09. The summed E-state index contributed by atoms with van der Waals surface area (Å²) in [6.07, 6.45) is 0.0294. The van der Waals surface area contributed by atoms with Gasteiger partial charge in [-0.15, -0.1) is 11.3 Å². The zero-order valence-electron chi connectivity index (χ0n) is 9.47. The number of nitrogens with zero attached hydrogens (tertiary/aromatic N) is 1. The molecule has 0 aliphatic heterocycles. The Morgan fingerprint density at radius 3 is 2.88 bits per heavy atom.